The summed E-state index contributed by atoms with van der Waals surface area (Å²) in [7, 11) is 0. The molecule has 18 heavy (non-hydrogen) atoms. The number of ether oxygens (including phenoxy) is 3. The molecule has 2 N–H and O–H groups in total. The Kier molecular flexibility index (Phi) is 3.46. The molecular formula is C13H16BrNO3. The molecule has 4 nitrogen and oxygen atoms in total. The second-order valence-electron chi connectivity index (χ2n) is 4.60. The van der Waals surface area contributed by atoms with Crippen LogP contribution in [0, 0.1) is 5.92 Å². The number of hydrogen-bond donors (Lipinski definition) is 1. The molecule has 0 spiro atoms. The number of rotatable bonds is 2. The smallest absolute Gasteiger partial charge is 0.175 e. The van der Waals surface area contributed by atoms with E-state index >= 15 is 0 Å². The molecule has 0 aromatic heterocycles. The van der Waals surface area contributed by atoms with Gasteiger partial charge in [-0.05, 0) is 46.6 Å². The van der Waals surface area contributed by atoms with Crippen LogP contribution >= 0.6 is 15.9 Å². The third kappa shape index (κ3) is 2.11. The highest BCUT2D eigenvalue weighted by Gasteiger charge is 2.30. The molecule has 1 aromatic carbocycles. The lowest BCUT2D eigenvalue weighted by atomic mass is 9.95. The maximum absolute atomic E-state index is 5.79. The normalized spacial score (nSPS) is 26.3. The van der Waals surface area contributed by atoms with Crippen molar-refractivity contribution < 1.29 is 14.2 Å². The Morgan fingerprint density at radius 3 is 2.89 bits per heavy atom. The van der Waals surface area contributed by atoms with E-state index in [4.69, 9.17) is 19.9 Å². The first kappa shape index (κ1) is 12.3. The molecule has 2 unspecified atom stereocenters. The van der Waals surface area contributed by atoms with Crippen LogP contribution in [0.15, 0.2) is 16.6 Å². The number of nitrogens with two attached hydrogens (primary N) is 1. The van der Waals surface area contributed by atoms with Gasteiger partial charge in [-0.2, -0.15) is 0 Å². The fourth-order valence-corrected chi connectivity index (χ4v) is 3.11. The van der Waals surface area contributed by atoms with Gasteiger partial charge >= 0.3 is 0 Å². The van der Waals surface area contributed by atoms with Crippen molar-refractivity contribution in [2.45, 2.75) is 12.5 Å². The van der Waals surface area contributed by atoms with Crippen LogP contribution in [0.5, 0.6) is 11.5 Å². The van der Waals surface area contributed by atoms with E-state index in [0.717, 1.165) is 34.6 Å². The summed E-state index contributed by atoms with van der Waals surface area (Å²) in [5.41, 5.74) is 6.90. The van der Waals surface area contributed by atoms with E-state index in [0.29, 0.717) is 25.7 Å². The Hall–Kier alpha value is -0.780. The summed E-state index contributed by atoms with van der Waals surface area (Å²) in [6.07, 6.45) is 1.09. The zero-order chi connectivity index (χ0) is 12.5. The second-order valence-corrected chi connectivity index (χ2v) is 5.46. The minimum Gasteiger partial charge on any atom is -0.486 e. The van der Waals surface area contributed by atoms with Crippen molar-refractivity contribution in [1.82, 2.24) is 0 Å². The van der Waals surface area contributed by atoms with E-state index in [2.05, 4.69) is 15.9 Å². The maximum Gasteiger partial charge on any atom is 0.175 e. The molecule has 0 saturated carbocycles. The monoisotopic (exact) mass is 313 g/mol. The zero-order valence-electron chi connectivity index (χ0n) is 10.0. The van der Waals surface area contributed by atoms with Crippen molar-refractivity contribution in [2.75, 3.05) is 26.4 Å². The van der Waals surface area contributed by atoms with Gasteiger partial charge in [0.05, 0.1) is 10.6 Å². The number of halogens is 1. The van der Waals surface area contributed by atoms with Gasteiger partial charge < -0.3 is 19.9 Å². The van der Waals surface area contributed by atoms with E-state index in [1.165, 1.54) is 0 Å². The Morgan fingerprint density at radius 2 is 2.06 bits per heavy atom. The number of fused-ring (bicyclic) bond motifs is 1. The Labute approximate surface area is 115 Å². The fourth-order valence-electron chi connectivity index (χ4n) is 2.54. The first-order valence-corrected chi connectivity index (χ1v) is 6.99. The molecule has 0 radical (unpaired) electrons. The third-order valence-electron chi connectivity index (χ3n) is 3.46. The highest BCUT2D eigenvalue weighted by molar-refractivity contribution is 9.10. The van der Waals surface area contributed by atoms with E-state index in [1.807, 2.05) is 12.1 Å². The Balaban J connectivity index is 1.95. The van der Waals surface area contributed by atoms with Crippen LogP contribution in [0.25, 0.3) is 0 Å². The van der Waals surface area contributed by atoms with Gasteiger partial charge in [0.2, 0.25) is 0 Å². The van der Waals surface area contributed by atoms with Crippen LogP contribution in [0.4, 0.5) is 0 Å². The van der Waals surface area contributed by atoms with Crippen LogP contribution in [0.2, 0.25) is 0 Å². The molecule has 0 aliphatic carbocycles. The van der Waals surface area contributed by atoms with Crippen molar-refractivity contribution >= 4 is 15.9 Å². The first-order valence-electron chi connectivity index (χ1n) is 6.20. The summed E-state index contributed by atoms with van der Waals surface area (Å²) >= 11 is 3.53. The van der Waals surface area contributed by atoms with Gasteiger partial charge in [-0.25, -0.2) is 0 Å². The molecule has 2 aliphatic heterocycles. The highest BCUT2D eigenvalue weighted by Crippen LogP contribution is 2.43. The van der Waals surface area contributed by atoms with Crippen molar-refractivity contribution in [1.29, 1.82) is 0 Å². The van der Waals surface area contributed by atoms with Crippen LogP contribution in [0.3, 0.4) is 0 Å². The second kappa shape index (κ2) is 5.07. The maximum atomic E-state index is 5.79. The molecule has 5 heteroatoms. The van der Waals surface area contributed by atoms with Gasteiger partial charge in [0, 0.05) is 12.5 Å². The van der Waals surface area contributed by atoms with Crippen molar-refractivity contribution in [2.24, 2.45) is 11.7 Å². The van der Waals surface area contributed by atoms with Crippen LogP contribution < -0.4 is 15.2 Å². The third-order valence-corrected chi connectivity index (χ3v) is 4.05. The molecule has 3 rings (SSSR count). The first-order chi connectivity index (χ1) is 8.79. The SMILES string of the molecule is NCC1CCOC1c1cc(Br)c2c(c1)OCCO2. The predicted octanol–water partition coefficient (Wildman–Crippen LogP) is 2.26. The van der Waals surface area contributed by atoms with E-state index in [-0.39, 0.29) is 6.10 Å². The fraction of sp³-hybridized carbons (Fsp3) is 0.538. The average molecular weight is 314 g/mol. The van der Waals surface area contributed by atoms with Crippen LogP contribution in [-0.2, 0) is 4.74 Å². The van der Waals surface area contributed by atoms with E-state index in [9.17, 15) is 0 Å². The Morgan fingerprint density at radius 1 is 1.22 bits per heavy atom. The lowest BCUT2D eigenvalue weighted by Gasteiger charge is -2.23. The minimum atomic E-state index is 0.0714. The van der Waals surface area contributed by atoms with E-state index < -0.39 is 0 Å². The summed E-state index contributed by atoms with van der Waals surface area (Å²) in [6.45, 7) is 2.61. The quantitative estimate of drug-likeness (QED) is 0.910. The average Bonchev–Trinajstić information content (AvgIpc) is 2.87. The van der Waals surface area contributed by atoms with Crippen molar-refractivity contribution in [3.05, 3.63) is 22.2 Å². The largest absolute Gasteiger partial charge is 0.486 e. The topological polar surface area (TPSA) is 53.7 Å². The number of benzene rings is 1. The molecule has 98 valence electrons. The molecule has 2 heterocycles. The summed E-state index contributed by atoms with van der Waals surface area (Å²) in [4.78, 5) is 0. The minimum absolute atomic E-state index is 0.0714. The van der Waals surface area contributed by atoms with Gasteiger partial charge in [0.15, 0.2) is 11.5 Å². The summed E-state index contributed by atoms with van der Waals surface area (Å²) in [6, 6.07) is 4.06. The molecule has 2 atom stereocenters. The lowest BCUT2D eigenvalue weighted by molar-refractivity contribution is 0.0915. The molecule has 1 saturated heterocycles. The molecule has 0 bridgehead atoms. The predicted molar refractivity (Wildman–Crippen MR) is 71.0 cm³/mol. The Bertz CT molecular complexity index is 452. The zero-order valence-corrected chi connectivity index (χ0v) is 11.6. The van der Waals surface area contributed by atoms with E-state index in [1.54, 1.807) is 0 Å². The summed E-state index contributed by atoms with van der Waals surface area (Å²) < 4.78 is 17.9. The number of hydrogen-bond acceptors (Lipinski definition) is 4. The summed E-state index contributed by atoms with van der Waals surface area (Å²) in [5.74, 6) is 1.96. The summed E-state index contributed by atoms with van der Waals surface area (Å²) in [5, 5.41) is 0. The van der Waals surface area contributed by atoms with Crippen LogP contribution in [-0.4, -0.2) is 26.4 Å². The molecule has 1 fully saturated rings. The molecule has 2 aliphatic rings. The molecule has 1 aromatic rings. The van der Waals surface area contributed by atoms with Gasteiger partial charge in [-0.3, -0.25) is 0 Å². The molecule has 0 amide bonds. The standard InChI is InChI=1S/C13H16BrNO3/c14-10-5-9(12-8(7-15)1-2-17-12)6-11-13(10)18-4-3-16-11/h5-6,8,12H,1-4,7,15H2. The highest BCUT2D eigenvalue weighted by atomic mass is 79.9. The van der Waals surface area contributed by atoms with Gasteiger partial charge in [-0.15, -0.1) is 0 Å². The van der Waals surface area contributed by atoms with Crippen molar-refractivity contribution in [3.63, 3.8) is 0 Å². The van der Waals surface area contributed by atoms with Crippen LogP contribution in [0.1, 0.15) is 18.1 Å². The lowest BCUT2D eigenvalue weighted by Crippen LogP contribution is -2.19. The van der Waals surface area contributed by atoms with Gasteiger partial charge in [0.25, 0.3) is 0 Å². The van der Waals surface area contributed by atoms with Gasteiger partial charge in [0.1, 0.15) is 13.2 Å². The van der Waals surface area contributed by atoms with Gasteiger partial charge in [-0.1, -0.05) is 0 Å². The molecular weight excluding hydrogens is 298 g/mol. The van der Waals surface area contributed by atoms with Crippen molar-refractivity contribution in [3.8, 4) is 11.5 Å².